The van der Waals surface area contributed by atoms with E-state index in [1.54, 1.807) is 13.8 Å². The first-order chi connectivity index (χ1) is 8.19. The van der Waals surface area contributed by atoms with Crippen LogP contribution in [-0.2, 0) is 10.0 Å². The summed E-state index contributed by atoms with van der Waals surface area (Å²) >= 11 is 4.71. The summed E-state index contributed by atoms with van der Waals surface area (Å²) in [6.07, 6.45) is 0. The van der Waals surface area contributed by atoms with E-state index in [0.717, 1.165) is 10.4 Å². The van der Waals surface area contributed by atoms with Crippen LogP contribution in [0.1, 0.15) is 19.4 Å². The van der Waals surface area contributed by atoms with E-state index in [2.05, 4.69) is 0 Å². The standard InChI is InChI=1S/C11H15FN2O2S2/c1-7(2)14(3)18(15,16)9-6-4-5-8(12)10(9)11(13)17/h4-7H,1-3H3,(H2,13,17). The number of sulfonamides is 1. The lowest BCUT2D eigenvalue weighted by molar-refractivity contribution is 0.410. The van der Waals surface area contributed by atoms with E-state index >= 15 is 0 Å². The van der Waals surface area contributed by atoms with Gasteiger partial charge in [0.1, 0.15) is 10.8 Å². The second kappa shape index (κ2) is 5.29. The summed E-state index contributed by atoms with van der Waals surface area (Å²) in [4.78, 5) is -0.477. The molecule has 0 fully saturated rings. The molecule has 0 aromatic heterocycles. The Morgan fingerprint density at radius 2 is 2.00 bits per heavy atom. The number of benzene rings is 1. The molecule has 4 nitrogen and oxygen atoms in total. The van der Waals surface area contributed by atoms with Crippen LogP contribution in [0.3, 0.4) is 0 Å². The molecule has 0 amide bonds. The molecule has 1 aromatic rings. The average molecular weight is 290 g/mol. The van der Waals surface area contributed by atoms with Gasteiger partial charge in [-0.25, -0.2) is 12.8 Å². The summed E-state index contributed by atoms with van der Waals surface area (Å²) in [7, 11) is -2.39. The summed E-state index contributed by atoms with van der Waals surface area (Å²) in [5, 5.41) is 0. The zero-order valence-corrected chi connectivity index (χ0v) is 12.0. The Labute approximate surface area is 112 Å². The fourth-order valence-electron chi connectivity index (χ4n) is 1.39. The topological polar surface area (TPSA) is 63.4 Å². The van der Waals surface area contributed by atoms with Crippen molar-refractivity contribution in [2.45, 2.75) is 24.8 Å². The van der Waals surface area contributed by atoms with Gasteiger partial charge in [-0.2, -0.15) is 4.31 Å². The molecule has 0 aliphatic rings. The minimum absolute atomic E-state index is 0.203. The second-order valence-electron chi connectivity index (χ2n) is 4.09. The highest BCUT2D eigenvalue weighted by atomic mass is 32.2. The van der Waals surface area contributed by atoms with Gasteiger partial charge in [-0.15, -0.1) is 0 Å². The van der Waals surface area contributed by atoms with Crippen LogP contribution < -0.4 is 5.73 Å². The lowest BCUT2D eigenvalue weighted by Gasteiger charge is -2.22. The van der Waals surface area contributed by atoms with Gasteiger partial charge in [0.2, 0.25) is 10.0 Å². The highest BCUT2D eigenvalue weighted by molar-refractivity contribution is 7.89. The molecule has 7 heteroatoms. The minimum atomic E-state index is -3.81. The van der Waals surface area contributed by atoms with E-state index in [0.29, 0.717) is 0 Å². The number of thiocarbonyl (C=S) groups is 1. The number of halogens is 1. The zero-order valence-electron chi connectivity index (χ0n) is 10.3. The van der Waals surface area contributed by atoms with Crippen molar-refractivity contribution in [1.29, 1.82) is 0 Å². The van der Waals surface area contributed by atoms with Crippen LogP contribution in [0.5, 0.6) is 0 Å². The summed E-state index contributed by atoms with van der Waals surface area (Å²) in [6.45, 7) is 3.44. The highest BCUT2D eigenvalue weighted by Crippen LogP contribution is 2.23. The Kier molecular flexibility index (Phi) is 4.41. The van der Waals surface area contributed by atoms with E-state index < -0.39 is 15.8 Å². The van der Waals surface area contributed by atoms with Gasteiger partial charge >= 0.3 is 0 Å². The molecule has 0 radical (unpaired) electrons. The van der Waals surface area contributed by atoms with Crippen LogP contribution in [0.2, 0.25) is 0 Å². The van der Waals surface area contributed by atoms with E-state index in [1.807, 2.05) is 0 Å². The molecule has 1 aromatic carbocycles. The van der Waals surface area contributed by atoms with E-state index in [1.165, 1.54) is 19.2 Å². The third kappa shape index (κ3) is 2.68. The number of nitrogens with zero attached hydrogens (tertiary/aromatic N) is 1. The van der Waals surface area contributed by atoms with Crippen LogP contribution in [0.4, 0.5) is 4.39 Å². The van der Waals surface area contributed by atoms with Crippen LogP contribution in [0.15, 0.2) is 23.1 Å². The van der Waals surface area contributed by atoms with Crippen molar-refractivity contribution in [3.05, 3.63) is 29.6 Å². The first kappa shape index (κ1) is 15.0. The second-order valence-corrected chi connectivity index (χ2v) is 6.50. The third-order valence-electron chi connectivity index (χ3n) is 2.61. The molecule has 100 valence electrons. The molecule has 0 unspecified atom stereocenters. The van der Waals surface area contributed by atoms with Crippen LogP contribution in [0.25, 0.3) is 0 Å². The molecular weight excluding hydrogens is 275 g/mol. The SMILES string of the molecule is CC(C)N(C)S(=O)(=O)c1cccc(F)c1C(N)=S. The predicted molar refractivity (Wildman–Crippen MR) is 72.4 cm³/mol. The minimum Gasteiger partial charge on any atom is -0.389 e. The molecule has 0 aliphatic heterocycles. The van der Waals surface area contributed by atoms with Crippen molar-refractivity contribution in [2.24, 2.45) is 5.73 Å². The third-order valence-corrected chi connectivity index (χ3v) is 4.89. The van der Waals surface area contributed by atoms with Crippen LogP contribution >= 0.6 is 12.2 Å². The van der Waals surface area contributed by atoms with E-state index in [9.17, 15) is 12.8 Å². The summed E-state index contributed by atoms with van der Waals surface area (Å²) in [5.41, 5.74) is 5.16. The fraction of sp³-hybridized carbons (Fsp3) is 0.364. The van der Waals surface area contributed by atoms with Gasteiger partial charge in [0.05, 0.1) is 10.5 Å². The molecule has 0 saturated carbocycles. The van der Waals surface area contributed by atoms with Crippen molar-refractivity contribution in [1.82, 2.24) is 4.31 Å². The van der Waals surface area contributed by atoms with Crippen molar-refractivity contribution < 1.29 is 12.8 Å². The summed E-state index contributed by atoms with van der Waals surface area (Å²) in [6, 6.07) is 3.49. The molecule has 0 bridgehead atoms. The predicted octanol–water partition coefficient (Wildman–Crippen LogP) is 1.49. The molecule has 0 heterocycles. The Morgan fingerprint density at radius 3 is 2.44 bits per heavy atom. The normalized spacial score (nSPS) is 12.1. The number of hydrogen-bond donors (Lipinski definition) is 1. The Bertz CT molecular complexity index is 570. The van der Waals surface area contributed by atoms with Gasteiger partial charge < -0.3 is 5.73 Å². The average Bonchev–Trinajstić information content (AvgIpc) is 2.26. The van der Waals surface area contributed by atoms with E-state index in [-0.39, 0.29) is 21.5 Å². The molecule has 0 atom stereocenters. The largest absolute Gasteiger partial charge is 0.389 e. The van der Waals surface area contributed by atoms with Crippen molar-refractivity contribution >= 4 is 27.2 Å². The number of rotatable bonds is 4. The van der Waals surface area contributed by atoms with Gasteiger partial charge in [0, 0.05) is 13.1 Å². The molecule has 1 rings (SSSR count). The van der Waals surface area contributed by atoms with Crippen molar-refractivity contribution in [2.75, 3.05) is 7.05 Å². The summed E-state index contributed by atoms with van der Waals surface area (Å²) in [5.74, 6) is -0.735. The Hall–Kier alpha value is -1.05. The van der Waals surface area contributed by atoms with Crippen LogP contribution in [-0.4, -0.2) is 30.8 Å². The van der Waals surface area contributed by atoms with Gasteiger partial charge in [-0.3, -0.25) is 0 Å². The first-order valence-electron chi connectivity index (χ1n) is 5.26. The summed E-state index contributed by atoms with van der Waals surface area (Å²) < 4.78 is 39.4. The van der Waals surface area contributed by atoms with E-state index in [4.69, 9.17) is 18.0 Å². The molecule has 0 aliphatic carbocycles. The first-order valence-corrected chi connectivity index (χ1v) is 7.10. The quantitative estimate of drug-likeness (QED) is 0.853. The van der Waals surface area contributed by atoms with Crippen molar-refractivity contribution in [3.63, 3.8) is 0 Å². The lowest BCUT2D eigenvalue weighted by Crippen LogP contribution is -2.34. The lowest BCUT2D eigenvalue weighted by atomic mass is 10.2. The zero-order chi connectivity index (χ0) is 14.1. The van der Waals surface area contributed by atoms with Gasteiger partial charge in [-0.1, -0.05) is 18.3 Å². The fourth-order valence-corrected chi connectivity index (χ4v) is 3.24. The molecule has 18 heavy (non-hydrogen) atoms. The Balaban J connectivity index is 3.52. The maximum absolute atomic E-state index is 13.6. The van der Waals surface area contributed by atoms with Gasteiger partial charge in [-0.05, 0) is 26.0 Å². The number of nitrogens with two attached hydrogens (primary N) is 1. The van der Waals surface area contributed by atoms with Crippen molar-refractivity contribution in [3.8, 4) is 0 Å². The van der Waals surface area contributed by atoms with Gasteiger partial charge in [0.25, 0.3) is 0 Å². The molecule has 0 saturated heterocycles. The monoisotopic (exact) mass is 290 g/mol. The van der Waals surface area contributed by atoms with Crippen LogP contribution in [0, 0.1) is 5.82 Å². The molecule has 2 N–H and O–H groups in total. The number of hydrogen-bond acceptors (Lipinski definition) is 3. The highest BCUT2D eigenvalue weighted by Gasteiger charge is 2.28. The maximum Gasteiger partial charge on any atom is 0.243 e. The Morgan fingerprint density at radius 1 is 1.44 bits per heavy atom. The maximum atomic E-state index is 13.6. The van der Waals surface area contributed by atoms with Gasteiger partial charge in [0.15, 0.2) is 0 Å². The molecular formula is C11H15FN2O2S2. The molecule has 0 spiro atoms. The smallest absolute Gasteiger partial charge is 0.243 e.